The smallest absolute Gasteiger partial charge is 0.255 e. The summed E-state index contributed by atoms with van der Waals surface area (Å²) in [7, 11) is 0. The normalized spacial score (nSPS) is 10.0. The fraction of sp³-hybridized carbons (Fsp3) is 0.133. The van der Waals surface area contributed by atoms with Gasteiger partial charge < -0.3 is 4.90 Å². The molecule has 0 saturated heterocycles. The quantitative estimate of drug-likeness (QED) is 0.750. The summed E-state index contributed by atoms with van der Waals surface area (Å²) in [4.78, 5) is 14.1. The van der Waals surface area contributed by atoms with Gasteiger partial charge in [0.1, 0.15) is 0 Å². The van der Waals surface area contributed by atoms with Gasteiger partial charge in [0.25, 0.3) is 5.91 Å². The Labute approximate surface area is 111 Å². The van der Waals surface area contributed by atoms with E-state index >= 15 is 0 Å². The maximum Gasteiger partial charge on any atom is 0.255 e. The number of carbonyl (C=O) groups excluding carboxylic acids is 1. The van der Waals surface area contributed by atoms with E-state index in [1.165, 1.54) is 11.3 Å². The first-order chi connectivity index (χ1) is 8.81. The lowest BCUT2D eigenvalue weighted by Crippen LogP contribution is -2.30. The first-order valence-corrected chi connectivity index (χ1v) is 6.72. The van der Waals surface area contributed by atoms with Gasteiger partial charge in [-0.2, -0.15) is 11.3 Å². The summed E-state index contributed by atoms with van der Waals surface area (Å²) in [5, 5.41) is 3.80. The van der Waals surface area contributed by atoms with Crippen LogP contribution in [0.5, 0.6) is 0 Å². The van der Waals surface area contributed by atoms with E-state index in [9.17, 15) is 4.79 Å². The van der Waals surface area contributed by atoms with Gasteiger partial charge in [0.2, 0.25) is 0 Å². The minimum absolute atomic E-state index is 0.0556. The number of amides is 1. The second-order valence-corrected chi connectivity index (χ2v) is 4.75. The van der Waals surface area contributed by atoms with Crippen LogP contribution in [0, 0.1) is 0 Å². The van der Waals surface area contributed by atoms with E-state index in [4.69, 9.17) is 0 Å². The van der Waals surface area contributed by atoms with Crippen LogP contribution < -0.4 is 0 Å². The van der Waals surface area contributed by atoms with E-state index < -0.39 is 0 Å². The molecule has 0 unspecified atom stereocenters. The number of hydrogen-bond donors (Lipinski definition) is 0. The number of carbonyl (C=O) groups is 1. The van der Waals surface area contributed by atoms with E-state index in [-0.39, 0.29) is 5.91 Å². The summed E-state index contributed by atoms with van der Waals surface area (Å²) < 4.78 is 0. The lowest BCUT2D eigenvalue weighted by molar-refractivity contribution is 0.0763. The molecule has 1 aromatic heterocycles. The summed E-state index contributed by atoms with van der Waals surface area (Å²) in [5.74, 6) is 0.0556. The molecule has 0 radical (unpaired) electrons. The van der Waals surface area contributed by atoms with Gasteiger partial charge in [0.15, 0.2) is 0 Å². The topological polar surface area (TPSA) is 20.3 Å². The van der Waals surface area contributed by atoms with E-state index in [0.29, 0.717) is 13.1 Å². The number of nitrogens with zero attached hydrogens (tertiary/aromatic N) is 1. The molecule has 1 amide bonds. The zero-order chi connectivity index (χ0) is 12.8. The molecule has 0 aliphatic carbocycles. The third-order valence-corrected chi connectivity index (χ3v) is 3.30. The Morgan fingerprint density at radius 1 is 1.28 bits per heavy atom. The second-order valence-electron chi connectivity index (χ2n) is 3.97. The van der Waals surface area contributed by atoms with Gasteiger partial charge in [0.05, 0.1) is 5.56 Å². The first-order valence-electron chi connectivity index (χ1n) is 5.77. The standard InChI is InChI=1S/C15H15NOS/c1-2-9-16(11-13-6-4-3-5-7-13)15(17)14-8-10-18-12-14/h2-8,10,12H,1,9,11H2. The maximum atomic E-state index is 12.3. The van der Waals surface area contributed by atoms with Crippen LogP contribution in [0.4, 0.5) is 0 Å². The van der Waals surface area contributed by atoms with Crippen molar-refractivity contribution in [3.05, 3.63) is 70.9 Å². The van der Waals surface area contributed by atoms with Gasteiger partial charge in [-0.1, -0.05) is 36.4 Å². The van der Waals surface area contributed by atoms with Crippen LogP contribution in [0.2, 0.25) is 0 Å². The highest BCUT2D eigenvalue weighted by Crippen LogP contribution is 2.12. The molecule has 0 bridgehead atoms. The molecule has 0 N–H and O–H groups in total. The van der Waals surface area contributed by atoms with Crippen molar-refractivity contribution in [2.24, 2.45) is 0 Å². The minimum Gasteiger partial charge on any atom is -0.331 e. The zero-order valence-corrected chi connectivity index (χ0v) is 10.9. The highest BCUT2D eigenvalue weighted by molar-refractivity contribution is 7.08. The monoisotopic (exact) mass is 257 g/mol. The summed E-state index contributed by atoms with van der Waals surface area (Å²) in [6.07, 6.45) is 1.76. The molecule has 1 heterocycles. The van der Waals surface area contributed by atoms with Crippen LogP contribution in [-0.4, -0.2) is 17.4 Å². The fourth-order valence-electron chi connectivity index (χ4n) is 1.75. The van der Waals surface area contributed by atoms with Crippen molar-refractivity contribution < 1.29 is 4.79 Å². The molecular weight excluding hydrogens is 242 g/mol. The molecule has 0 atom stereocenters. The molecule has 18 heavy (non-hydrogen) atoms. The van der Waals surface area contributed by atoms with Crippen molar-refractivity contribution in [2.75, 3.05) is 6.54 Å². The molecule has 2 aromatic rings. The second kappa shape index (κ2) is 6.17. The van der Waals surface area contributed by atoms with Gasteiger partial charge >= 0.3 is 0 Å². The third kappa shape index (κ3) is 3.08. The summed E-state index contributed by atoms with van der Waals surface area (Å²) in [6, 6.07) is 11.8. The molecule has 92 valence electrons. The van der Waals surface area contributed by atoms with E-state index in [0.717, 1.165) is 11.1 Å². The molecule has 2 rings (SSSR count). The van der Waals surface area contributed by atoms with E-state index in [2.05, 4.69) is 6.58 Å². The van der Waals surface area contributed by atoms with Crippen LogP contribution in [0.1, 0.15) is 15.9 Å². The SMILES string of the molecule is C=CCN(Cc1ccccc1)C(=O)c1ccsc1. The van der Waals surface area contributed by atoms with Gasteiger partial charge in [-0.25, -0.2) is 0 Å². The highest BCUT2D eigenvalue weighted by Gasteiger charge is 2.14. The van der Waals surface area contributed by atoms with Gasteiger partial charge in [-0.15, -0.1) is 6.58 Å². The average molecular weight is 257 g/mol. The summed E-state index contributed by atoms with van der Waals surface area (Å²) in [5.41, 5.74) is 1.88. The largest absolute Gasteiger partial charge is 0.331 e. The van der Waals surface area contributed by atoms with Crippen molar-refractivity contribution in [1.29, 1.82) is 0 Å². The van der Waals surface area contributed by atoms with E-state index in [1.807, 2.05) is 47.2 Å². The Balaban J connectivity index is 2.13. The van der Waals surface area contributed by atoms with Crippen LogP contribution in [0.3, 0.4) is 0 Å². The molecule has 0 aliphatic heterocycles. The third-order valence-electron chi connectivity index (χ3n) is 2.62. The van der Waals surface area contributed by atoms with Crippen molar-refractivity contribution in [1.82, 2.24) is 4.90 Å². The summed E-state index contributed by atoms with van der Waals surface area (Å²) >= 11 is 1.54. The Bertz CT molecular complexity index is 505. The average Bonchev–Trinajstić information content (AvgIpc) is 2.92. The van der Waals surface area contributed by atoms with Crippen LogP contribution in [-0.2, 0) is 6.54 Å². The van der Waals surface area contributed by atoms with Crippen molar-refractivity contribution in [3.8, 4) is 0 Å². The Hall–Kier alpha value is -1.87. The number of thiophene rings is 1. The van der Waals surface area contributed by atoms with Crippen molar-refractivity contribution in [2.45, 2.75) is 6.54 Å². The highest BCUT2D eigenvalue weighted by atomic mass is 32.1. The van der Waals surface area contributed by atoms with Crippen LogP contribution in [0.15, 0.2) is 59.8 Å². The summed E-state index contributed by atoms with van der Waals surface area (Å²) in [6.45, 7) is 4.89. The predicted octanol–water partition coefficient (Wildman–Crippen LogP) is 3.58. The van der Waals surface area contributed by atoms with Crippen molar-refractivity contribution in [3.63, 3.8) is 0 Å². The van der Waals surface area contributed by atoms with Crippen molar-refractivity contribution >= 4 is 17.2 Å². The van der Waals surface area contributed by atoms with Crippen LogP contribution in [0.25, 0.3) is 0 Å². The van der Waals surface area contributed by atoms with Gasteiger partial charge in [-0.3, -0.25) is 4.79 Å². The molecule has 0 aliphatic rings. The molecule has 3 heteroatoms. The van der Waals surface area contributed by atoms with E-state index in [1.54, 1.807) is 11.0 Å². The fourth-order valence-corrected chi connectivity index (χ4v) is 2.38. The molecule has 2 nitrogen and oxygen atoms in total. The van der Waals surface area contributed by atoms with Gasteiger partial charge in [0, 0.05) is 18.5 Å². The number of benzene rings is 1. The predicted molar refractivity (Wildman–Crippen MR) is 75.7 cm³/mol. The lowest BCUT2D eigenvalue weighted by Gasteiger charge is -2.20. The Morgan fingerprint density at radius 3 is 2.67 bits per heavy atom. The molecule has 1 aromatic carbocycles. The number of rotatable bonds is 5. The zero-order valence-electron chi connectivity index (χ0n) is 10.1. The molecule has 0 spiro atoms. The Morgan fingerprint density at radius 2 is 2.06 bits per heavy atom. The Kier molecular flexibility index (Phi) is 4.31. The number of hydrogen-bond acceptors (Lipinski definition) is 2. The molecule has 0 fully saturated rings. The maximum absolute atomic E-state index is 12.3. The molecule has 0 saturated carbocycles. The molecular formula is C15H15NOS. The first kappa shape index (κ1) is 12.6. The van der Waals surface area contributed by atoms with Crippen LogP contribution >= 0.6 is 11.3 Å². The minimum atomic E-state index is 0.0556. The van der Waals surface area contributed by atoms with Gasteiger partial charge in [-0.05, 0) is 17.0 Å². The lowest BCUT2D eigenvalue weighted by atomic mass is 10.2.